The Morgan fingerprint density at radius 3 is 3.00 bits per heavy atom. The second kappa shape index (κ2) is 2.98. The molecule has 58 valence electrons. The number of rotatable bonds is 2. The third-order valence-corrected chi connectivity index (χ3v) is 1.73. The van der Waals surface area contributed by atoms with E-state index in [1.54, 1.807) is 0 Å². The van der Waals surface area contributed by atoms with Gasteiger partial charge in [-0.3, -0.25) is 4.79 Å². The van der Waals surface area contributed by atoms with Crippen LogP contribution in [0.1, 0.15) is 12.8 Å². The number of aliphatic hydroxyl groups is 1. The number of aliphatic hydroxyl groups excluding tert-OH is 1. The van der Waals surface area contributed by atoms with Crippen LogP contribution in [0.3, 0.4) is 0 Å². The molecule has 0 spiro atoms. The molecular formula is C6H12N2O2. The van der Waals surface area contributed by atoms with Crippen LogP contribution in [0.4, 0.5) is 0 Å². The van der Waals surface area contributed by atoms with Crippen molar-refractivity contribution in [3.63, 3.8) is 0 Å². The van der Waals surface area contributed by atoms with Gasteiger partial charge in [-0.05, 0) is 6.42 Å². The topological polar surface area (TPSA) is 75.3 Å². The molecule has 1 aliphatic heterocycles. The van der Waals surface area contributed by atoms with Gasteiger partial charge in [0, 0.05) is 13.0 Å². The van der Waals surface area contributed by atoms with Crippen LogP contribution < -0.4 is 11.1 Å². The number of hydrogen-bond acceptors (Lipinski definition) is 3. The van der Waals surface area contributed by atoms with Crippen LogP contribution in [0, 0.1) is 0 Å². The first-order valence-electron chi connectivity index (χ1n) is 3.41. The minimum Gasteiger partial charge on any atom is -0.390 e. The molecule has 4 heteroatoms. The molecule has 2 atom stereocenters. The Morgan fingerprint density at radius 2 is 2.60 bits per heavy atom. The average Bonchev–Trinajstić information content (AvgIpc) is 2.34. The Kier molecular flexibility index (Phi) is 2.24. The van der Waals surface area contributed by atoms with Crippen molar-refractivity contribution in [3.05, 3.63) is 0 Å². The van der Waals surface area contributed by atoms with Crippen LogP contribution in [-0.2, 0) is 4.79 Å². The maximum absolute atomic E-state index is 10.6. The maximum Gasteiger partial charge on any atom is 0.220 e. The van der Waals surface area contributed by atoms with E-state index in [1.807, 2.05) is 0 Å². The first kappa shape index (κ1) is 7.50. The first-order valence-corrected chi connectivity index (χ1v) is 3.41. The highest BCUT2D eigenvalue weighted by molar-refractivity contribution is 5.78. The molecule has 10 heavy (non-hydrogen) atoms. The molecule has 0 bridgehead atoms. The molecule has 1 unspecified atom stereocenters. The van der Waals surface area contributed by atoms with Crippen molar-refractivity contribution in [2.24, 2.45) is 5.73 Å². The van der Waals surface area contributed by atoms with Crippen molar-refractivity contribution in [1.29, 1.82) is 0 Å². The molecule has 1 heterocycles. The molecule has 0 aliphatic carbocycles. The van der Waals surface area contributed by atoms with Crippen LogP contribution in [0.5, 0.6) is 0 Å². The summed E-state index contributed by atoms with van der Waals surface area (Å²) in [6, 6.07) is -0.113. The van der Waals surface area contributed by atoms with Crippen molar-refractivity contribution >= 4 is 5.91 Å². The van der Waals surface area contributed by atoms with Crippen LogP contribution >= 0.6 is 0 Å². The summed E-state index contributed by atoms with van der Waals surface area (Å²) in [6.07, 6.45) is 0.644. The van der Waals surface area contributed by atoms with E-state index in [4.69, 9.17) is 10.8 Å². The SMILES string of the molecule is NCC(O)[C@H]1CCC(=O)N1. The van der Waals surface area contributed by atoms with Gasteiger partial charge in [0.15, 0.2) is 0 Å². The van der Waals surface area contributed by atoms with E-state index in [0.717, 1.165) is 0 Å². The second-order valence-corrected chi connectivity index (χ2v) is 2.52. The minimum absolute atomic E-state index is 0.0116. The van der Waals surface area contributed by atoms with Crippen molar-refractivity contribution in [2.75, 3.05) is 6.54 Å². The predicted molar refractivity (Wildman–Crippen MR) is 36.2 cm³/mol. The summed E-state index contributed by atoms with van der Waals surface area (Å²) in [5.74, 6) is 0.0116. The first-order chi connectivity index (χ1) is 4.74. The lowest BCUT2D eigenvalue weighted by molar-refractivity contribution is -0.119. The Bertz CT molecular complexity index is 138. The largest absolute Gasteiger partial charge is 0.390 e. The summed E-state index contributed by atoms with van der Waals surface area (Å²) in [7, 11) is 0. The van der Waals surface area contributed by atoms with E-state index < -0.39 is 6.10 Å². The van der Waals surface area contributed by atoms with Gasteiger partial charge in [0.05, 0.1) is 12.1 Å². The van der Waals surface area contributed by atoms with E-state index in [1.165, 1.54) is 0 Å². The molecule has 0 saturated carbocycles. The van der Waals surface area contributed by atoms with Crippen LogP contribution in [0.25, 0.3) is 0 Å². The molecule has 0 aromatic rings. The molecule has 1 saturated heterocycles. The summed E-state index contributed by atoms with van der Waals surface area (Å²) in [4.78, 5) is 10.6. The molecule has 0 aromatic carbocycles. The molecule has 4 nitrogen and oxygen atoms in total. The number of carbonyl (C=O) groups excluding carboxylic acids is 1. The third-order valence-electron chi connectivity index (χ3n) is 1.73. The molecule has 1 rings (SSSR count). The molecule has 1 amide bonds. The minimum atomic E-state index is -0.577. The third kappa shape index (κ3) is 1.46. The average molecular weight is 144 g/mol. The lowest BCUT2D eigenvalue weighted by Crippen LogP contribution is -2.40. The monoisotopic (exact) mass is 144 g/mol. The number of hydrogen-bond donors (Lipinski definition) is 3. The van der Waals surface area contributed by atoms with E-state index >= 15 is 0 Å². The van der Waals surface area contributed by atoms with Gasteiger partial charge in [-0.2, -0.15) is 0 Å². The molecule has 0 radical (unpaired) electrons. The quantitative estimate of drug-likeness (QED) is 0.445. The number of nitrogens with one attached hydrogen (secondary N) is 1. The Labute approximate surface area is 59.4 Å². The van der Waals surface area contributed by atoms with Gasteiger partial charge in [-0.25, -0.2) is 0 Å². The smallest absolute Gasteiger partial charge is 0.220 e. The molecular weight excluding hydrogens is 132 g/mol. The normalized spacial score (nSPS) is 28.2. The van der Waals surface area contributed by atoms with Gasteiger partial charge in [0.2, 0.25) is 5.91 Å². The zero-order valence-electron chi connectivity index (χ0n) is 5.71. The van der Waals surface area contributed by atoms with Crippen molar-refractivity contribution in [2.45, 2.75) is 25.0 Å². The predicted octanol–water partition coefficient (Wildman–Crippen LogP) is -1.42. The standard InChI is InChI=1S/C6H12N2O2/c7-3-5(9)4-1-2-6(10)8-4/h4-5,9H,1-3,7H2,(H,8,10)/t4-,5?/m1/s1. The molecule has 1 aliphatic rings. The van der Waals surface area contributed by atoms with Gasteiger partial charge >= 0.3 is 0 Å². The highest BCUT2D eigenvalue weighted by Crippen LogP contribution is 2.09. The lowest BCUT2D eigenvalue weighted by Gasteiger charge is -2.14. The second-order valence-electron chi connectivity index (χ2n) is 2.52. The van der Waals surface area contributed by atoms with Crippen LogP contribution in [-0.4, -0.2) is 29.7 Å². The van der Waals surface area contributed by atoms with E-state index in [-0.39, 0.29) is 18.5 Å². The van der Waals surface area contributed by atoms with Crippen molar-refractivity contribution in [3.8, 4) is 0 Å². The van der Waals surface area contributed by atoms with Crippen LogP contribution in [0.2, 0.25) is 0 Å². The number of carbonyl (C=O) groups is 1. The fourth-order valence-corrected chi connectivity index (χ4v) is 1.09. The maximum atomic E-state index is 10.6. The van der Waals surface area contributed by atoms with Gasteiger partial charge < -0.3 is 16.2 Å². The van der Waals surface area contributed by atoms with Gasteiger partial charge in [0.1, 0.15) is 0 Å². The zero-order chi connectivity index (χ0) is 7.56. The summed E-state index contributed by atoms with van der Waals surface area (Å²) < 4.78 is 0. The molecule has 4 N–H and O–H groups in total. The lowest BCUT2D eigenvalue weighted by atomic mass is 10.1. The van der Waals surface area contributed by atoms with E-state index in [9.17, 15) is 4.79 Å². The van der Waals surface area contributed by atoms with Crippen molar-refractivity contribution in [1.82, 2.24) is 5.32 Å². The van der Waals surface area contributed by atoms with Crippen LogP contribution in [0.15, 0.2) is 0 Å². The number of amides is 1. The van der Waals surface area contributed by atoms with E-state index in [2.05, 4.69) is 5.32 Å². The summed E-state index contributed by atoms with van der Waals surface area (Å²) in [5, 5.41) is 11.8. The van der Waals surface area contributed by atoms with Gasteiger partial charge in [-0.15, -0.1) is 0 Å². The summed E-state index contributed by atoms with van der Waals surface area (Å²) in [5.41, 5.74) is 5.20. The molecule has 0 aromatic heterocycles. The van der Waals surface area contributed by atoms with Crippen molar-refractivity contribution < 1.29 is 9.90 Å². The Morgan fingerprint density at radius 1 is 1.90 bits per heavy atom. The van der Waals surface area contributed by atoms with Gasteiger partial charge in [-0.1, -0.05) is 0 Å². The fourth-order valence-electron chi connectivity index (χ4n) is 1.09. The highest BCUT2D eigenvalue weighted by atomic mass is 16.3. The number of nitrogens with two attached hydrogens (primary N) is 1. The zero-order valence-corrected chi connectivity index (χ0v) is 5.71. The summed E-state index contributed by atoms with van der Waals surface area (Å²) >= 11 is 0. The summed E-state index contributed by atoms with van der Waals surface area (Å²) in [6.45, 7) is 0.213. The Balaban J connectivity index is 2.36. The molecule has 1 fully saturated rings. The fraction of sp³-hybridized carbons (Fsp3) is 0.833. The highest BCUT2D eigenvalue weighted by Gasteiger charge is 2.25. The Hall–Kier alpha value is -0.610. The van der Waals surface area contributed by atoms with E-state index in [0.29, 0.717) is 12.8 Å². The van der Waals surface area contributed by atoms with Gasteiger partial charge in [0.25, 0.3) is 0 Å².